The monoisotopic (exact) mass is 586 g/mol. The number of aromatic nitrogens is 1. The van der Waals surface area contributed by atoms with E-state index in [9.17, 15) is 31.1 Å². The number of carbonyl (C=O) groups excluding carboxylic acids is 1. The van der Waals surface area contributed by atoms with Crippen molar-refractivity contribution in [1.82, 2.24) is 9.88 Å². The maximum Gasteiger partial charge on any atom is 0.416 e. The van der Waals surface area contributed by atoms with Gasteiger partial charge in [-0.1, -0.05) is 6.92 Å². The molecule has 0 radical (unpaired) electrons. The van der Waals surface area contributed by atoms with Gasteiger partial charge in [0, 0.05) is 31.3 Å². The molecule has 1 amide bonds. The van der Waals surface area contributed by atoms with Crippen molar-refractivity contribution in [1.29, 1.82) is 0 Å². The number of nitrogens with zero attached hydrogens (tertiary/aromatic N) is 3. The van der Waals surface area contributed by atoms with E-state index in [-0.39, 0.29) is 30.3 Å². The third-order valence-electron chi connectivity index (χ3n) is 8.01. The molecule has 2 aromatic rings. The van der Waals surface area contributed by atoms with Crippen LogP contribution in [-0.4, -0.2) is 53.9 Å². The third-order valence-corrected chi connectivity index (χ3v) is 8.01. The molecule has 1 aromatic heterocycles. The highest BCUT2D eigenvalue weighted by Gasteiger charge is 2.43. The predicted octanol–water partition coefficient (Wildman–Crippen LogP) is 6.78. The summed E-state index contributed by atoms with van der Waals surface area (Å²) in [5, 5.41) is 3.47. The molecule has 0 aliphatic carbocycles. The second kappa shape index (κ2) is 11.2. The predicted molar refractivity (Wildman–Crippen MR) is 138 cm³/mol. The standard InChI is InChI=1S/C28H32F6N4O3/c1-3-23-13-21(5-8-40-23)36-25-18(11-22(14-35-25)37-6-4-7-37)15-38-16(2)24(41-26(38)39)17-9-19(27(29,30)31)12-20(10-17)28(32,33)34/h9-12,14,16,21,23-24H,3-8,13,15H2,1-2H3,(H,35,36)/t16-,21?,23?,24-/m0/s1. The van der Waals surface area contributed by atoms with Crippen LogP contribution in [0.5, 0.6) is 0 Å². The van der Waals surface area contributed by atoms with E-state index in [2.05, 4.69) is 22.1 Å². The van der Waals surface area contributed by atoms with Gasteiger partial charge in [0.2, 0.25) is 0 Å². The maximum atomic E-state index is 13.5. The zero-order valence-corrected chi connectivity index (χ0v) is 22.7. The number of rotatable bonds is 7. The van der Waals surface area contributed by atoms with Crippen LogP contribution in [0, 0.1) is 0 Å². The lowest BCUT2D eigenvalue weighted by Gasteiger charge is -2.34. The van der Waals surface area contributed by atoms with Gasteiger partial charge < -0.3 is 19.7 Å². The summed E-state index contributed by atoms with van der Waals surface area (Å²) in [7, 11) is 0. The van der Waals surface area contributed by atoms with Crippen LogP contribution < -0.4 is 10.2 Å². The van der Waals surface area contributed by atoms with Gasteiger partial charge in [0.05, 0.1) is 41.7 Å². The minimum atomic E-state index is -5.01. The first-order valence-electron chi connectivity index (χ1n) is 13.7. The summed E-state index contributed by atoms with van der Waals surface area (Å²) < 4.78 is 92.0. The number of halogens is 6. The molecule has 1 N–H and O–H groups in total. The molecule has 5 rings (SSSR count). The van der Waals surface area contributed by atoms with Gasteiger partial charge >= 0.3 is 18.4 Å². The highest BCUT2D eigenvalue weighted by atomic mass is 19.4. The van der Waals surface area contributed by atoms with Gasteiger partial charge in [-0.2, -0.15) is 26.3 Å². The summed E-state index contributed by atoms with van der Waals surface area (Å²) in [6.07, 6.45) is -6.82. The fourth-order valence-corrected chi connectivity index (χ4v) is 5.47. The average Bonchev–Trinajstić information content (AvgIpc) is 3.16. The normalized spacial score (nSPS) is 25.2. The van der Waals surface area contributed by atoms with Crippen molar-refractivity contribution < 1.29 is 40.6 Å². The quantitative estimate of drug-likeness (QED) is 0.361. The maximum absolute atomic E-state index is 13.5. The largest absolute Gasteiger partial charge is 0.439 e. The number of carbonyl (C=O) groups is 1. The Morgan fingerprint density at radius 3 is 2.32 bits per heavy atom. The molecular formula is C28H32F6N4O3. The van der Waals surface area contributed by atoms with E-state index in [4.69, 9.17) is 9.47 Å². The summed E-state index contributed by atoms with van der Waals surface area (Å²) in [5.41, 5.74) is -1.72. The molecule has 0 saturated carbocycles. The van der Waals surface area contributed by atoms with Gasteiger partial charge in [0.15, 0.2) is 0 Å². The Hall–Kier alpha value is -3.22. The molecule has 224 valence electrons. The van der Waals surface area contributed by atoms with E-state index in [1.54, 1.807) is 13.1 Å². The van der Waals surface area contributed by atoms with Gasteiger partial charge in [-0.25, -0.2) is 9.78 Å². The van der Waals surface area contributed by atoms with Crippen LogP contribution in [0.15, 0.2) is 30.5 Å². The Morgan fingerprint density at radius 2 is 1.73 bits per heavy atom. The molecule has 3 aliphatic heterocycles. The van der Waals surface area contributed by atoms with Crippen molar-refractivity contribution in [3.05, 3.63) is 52.7 Å². The number of hydrogen-bond donors (Lipinski definition) is 1. The van der Waals surface area contributed by atoms with Gasteiger partial charge in [-0.15, -0.1) is 0 Å². The van der Waals surface area contributed by atoms with Gasteiger partial charge in [-0.3, -0.25) is 4.90 Å². The first kappa shape index (κ1) is 29.3. The van der Waals surface area contributed by atoms with E-state index in [0.717, 1.165) is 44.5 Å². The third kappa shape index (κ3) is 6.34. The van der Waals surface area contributed by atoms with Crippen LogP contribution in [0.2, 0.25) is 0 Å². The molecule has 4 heterocycles. The van der Waals surface area contributed by atoms with Crippen molar-refractivity contribution in [2.45, 2.75) is 82.7 Å². The lowest BCUT2D eigenvalue weighted by molar-refractivity contribution is -0.143. The number of ether oxygens (including phenoxy) is 2. The van der Waals surface area contributed by atoms with E-state index >= 15 is 0 Å². The topological polar surface area (TPSA) is 66.9 Å². The van der Waals surface area contributed by atoms with Crippen molar-refractivity contribution in [3.63, 3.8) is 0 Å². The van der Waals surface area contributed by atoms with Crippen LogP contribution in [-0.2, 0) is 28.4 Å². The number of hydrogen-bond acceptors (Lipinski definition) is 6. The lowest BCUT2D eigenvalue weighted by atomic mass is 9.97. The molecule has 0 bridgehead atoms. The number of alkyl halides is 6. The Kier molecular flexibility index (Phi) is 8.01. The first-order valence-corrected chi connectivity index (χ1v) is 13.7. The Morgan fingerprint density at radius 1 is 1.05 bits per heavy atom. The average molecular weight is 587 g/mol. The summed E-state index contributed by atoms with van der Waals surface area (Å²) >= 11 is 0. The number of amides is 1. The van der Waals surface area contributed by atoms with E-state index in [1.807, 2.05) is 6.07 Å². The van der Waals surface area contributed by atoms with Crippen molar-refractivity contribution >= 4 is 17.6 Å². The first-order chi connectivity index (χ1) is 19.3. The smallest absolute Gasteiger partial charge is 0.416 e. The molecule has 7 nitrogen and oxygen atoms in total. The fourth-order valence-electron chi connectivity index (χ4n) is 5.47. The van der Waals surface area contributed by atoms with Crippen LogP contribution in [0.3, 0.4) is 0 Å². The minimum absolute atomic E-state index is 0.0129. The number of benzene rings is 1. The summed E-state index contributed by atoms with van der Waals surface area (Å²) in [5.74, 6) is 0.568. The molecule has 3 fully saturated rings. The number of nitrogens with one attached hydrogen (secondary N) is 1. The molecule has 3 aliphatic rings. The Labute approximate surface area is 233 Å². The highest BCUT2D eigenvalue weighted by Crippen LogP contribution is 2.41. The van der Waals surface area contributed by atoms with E-state index < -0.39 is 41.7 Å². The highest BCUT2D eigenvalue weighted by molar-refractivity contribution is 5.72. The summed E-state index contributed by atoms with van der Waals surface area (Å²) in [6.45, 7) is 5.95. The molecule has 13 heteroatoms. The van der Waals surface area contributed by atoms with E-state index in [1.165, 1.54) is 4.90 Å². The second-order valence-corrected chi connectivity index (χ2v) is 10.8. The number of anilines is 2. The summed E-state index contributed by atoms with van der Waals surface area (Å²) in [6, 6.07) is 2.46. The molecular weight excluding hydrogens is 554 g/mol. The van der Waals surface area contributed by atoms with Gasteiger partial charge in [-0.05, 0) is 62.4 Å². The van der Waals surface area contributed by atoms with Crippen LogP contribution in [0.25, 0.3) is 0 Å². The van der Waals surface area contributed by atoms with Crippen molar-refractivity contribution in [2.24, 2.45) is 0 Å². The number of cyclic esters (lactones) is 1. The van der Waals surface area contributed by atoms with Gasteiger partial charge in [0.25, 0.3) is 0 Å². The molecule has 1 aromatic carbocycles. The molecule has 3 saturated heterocycles. The second-order valence-electron chi connectivity index (χ2n) is 10.8. The van der Waals surface area contributed by atoms with Crippen LogP contribution >= 0.6 is 0 Å². The molecule has 0 spiro atoms. The van der Waals surface area contributed by atoms with Crippen molar-refractivity contribution in [3.8, 4) is 0 Å². The van der Waals surface area contributed by atoms with Crippen LogP contribution in [0.4, 0.5) is 42.6 Å². The van der Waals surface area contributed by atoms with Crippen LogP contribution in [0.1, 0.15) is 67.9 Å². The minimum Gasteiger partial charge on any atom is -0.439 e. The Balaban J connectivity index is 1.42. The van der Waals surface area contributed by atoms with Crippen molar-refractivity contribution in [2.75, 3.05) is 29.9 Å². The Bertz CT molecular complexity index is 1230. The zero-order valence-electron chi connectivity index (χ0n) is 22.7. The molecule has 2 unspecified atom stereocenters. The fraction of sp³-hybridized carbons (Fsp3) is 0.571. The number of pyridine rings is 1. The van der Waals surface area contributed by atoms with Gasteiger partial charge in [0.1, 0.15) is 11.9 Å². The zero-order chi connectivity index (χ0) is 29.5. The summed E-state index contributed by atoms with van der Waals surface area (Å²) in [4.78, 5) is 21.1. The van der Waals surface area contributed by atoms with E-state index in [0.29, 0.717) is 30.1 Å². The molecule has 4 atom stereocenters. The lowest BCUT2D eigenvalue weighted by Crippen LogP contribution is -2.38. The molecule has 41 heavy (non-hydrogen) atoms. The SMILES string of the molecule is CCC1CC(Nc2ncc(N3CCC3)cc2CN2C(=O)O[C@H](c3cc(C(F)(F)F)cc(C(F)(F)F)c3)[C@@H]2C)CCO1.